The number of carbonyl (C=O) groups is 1. The van der Waals surface area contributed by atoms with Crippen LogP contribution in [-0.2, 0) is 6.54 Å². The lowest BCUT2D eigenvalue weighted by atomic mass is 10.2. The molecule has 7 nitrogen and oxygen atoms in total. The molecule has 0 aliphatic heterocycles. The summed E-state index contributed by atoms with van der Waals surface area (Å²) in [5.41, 5.74) is 1.74. The summed E-state index contributed by atoms with van der Waals surface area (Å²) >= 11 is 0. The third kappa shape index (κ3) is 7.38. The van der Waals surface area contributed by atoms with E-state index in [-0.39, 0.29) is 11.7 Å². The van der Waals surface area contributed by atoms with E-state index in [1.807, 2.05) is 25.8 Å². The second kappa shape index (κ2) is 11.8. The van der Waals surface area contributed by atoms with Crippen molar-refractivity contribution < 1.29 is 22.7 Å². The highest BCUT2D eigenvalue weighted by molar-refractivity contribution is 5.92. The largest absolute Gasteiger partial charge is 0.459 e. The molecule has 2 N–H and O–H groups in total. The van der Waals surface area contributed by atoms with Gasteiger partial charge in [0, 0.05) is 38.8 Å². The van der Waals surface area contributed by atoms with Crippen LogP contribution in [0, 0.1) is 6.92 Å². The number of ether oxygens (including phenoxy) is 1. The maximum atomic E-state index is 12.2. The minimum absolute atomic E-state index is 0.128. The van der Waals surface area contributed by atoms with E-state index in [0.717, 1.165) is 17.1 Å². The van der Waals surface area contributed by atoms with E-state index in [4.69, 9.17) is 4.42 Å². The number of aliphatic imine (C=N–C) groups is 1. The number of guanidine groups is 1. The summed E-state index contributed by atoms with van der Waals surface area (Å²) in [6, 6.07) is 8.26. The van der Waals surface area contributed by atoms with E-state index < -0.39 is 6.61 Å². The van der Waals surface area contributed by atoms with Crippen molar-refractivity contribution >= 4 is 11.9 Å². The Balaban J connectivity index is 1.82. The van der Waals surface area contributed by atoms with Crippen molar-refractivity contribution in [1.29, 1.82) is 0 Å². The van der Waals surface area contributed by atoms with Crippen LogP contribution >= 0.6 is 0 Å². The molecule has 0 aliphatic carbocycles. The molecule has 1 aromatic carbocycles. The zero-order valence-electron chi connectivity index (χ0n) is 17.5. The summed E-state index contributed by atoms with van der Waals surface area (Å²) in [6.07, 6.45) is 2.17. The average Bonchev–Trinajstić information content (AvgIpc) is 3.13. The summed E-state index contributed by atoms with van der Waals surface area (Å²) in [7, 11) is 1.90. The number of benzene rings is 1. The fourth-order valence-corrected chi connectivity index (χ4v) is 2.75. The molecular formula is C21H28F2N4O3. The molecule has 0 saturated heterocycles. The minimum atomic E-state index is -2.83. The Hall–Kier alpha value is -3.10. The van der Waals surface area contributed by atoms with E-state index in [9.17, 15) is 13.6 Å². The number of hydrogen-bond acceptors (Lipinski definition) is 4. The molecule has 0 unspecified atom stereocenters. The topological polar surface area (TPSA) is 79.1 Å². The van der Waals surface area contributed by atoms with Gasteiger partial charge in [0.25, 0.3) is 5.91 Å². The van der Waals surface area contributed by atoms with Gasteiger partial charge in [-0.1, -0.05) is 12.1 Å². The summed E-state index contributed by atoms with van der Waals surface area (Å²) in [4.78, 5) is 18.5. The van der Waals surface area contributed by atoms with Gasteiger partial charge in [-0.15, -0.1) is 0 Å². The van der Waals surface area contributed by atoms with E-state index in [2.05, 4.69) is 20.4 Å². The van der Waals surface area contributed by atoms with Gasteiger partial charge in [-0.25, -0.2) is 0 Å². The molecule has 0 spiro atoms. The summed E-state index contributed by atoms with van der Waals surface area (Å²) in [5, 5.41) is 6.04. The molecule has 0 atom stereocenters. The number of rotatable bonds is 10. The predicted molar refractivity (Wildman–Crippen MR) is 111 cm³/mol. The first kappa shape index (κ1) is 23.2. The standard InChI is InChI=1S/C21H28F2N4O3/c1-4-24-21(26-12-5-11-25-19(28)18-15(2)10-13-29-18)27(3)14-16-6-8-17(9-7-16)30-20(22)23/h6-10,13,20H,4-5,11-12,14H2,1-3H3,(H,24,26)(H,25,28). The third-order valence-electron chi connectivity index (χ3n) is 4.22. The van der Waals surface area contributed by atoms with Crippen LogP contribution in [0.15, 0.2) is 46.0 Å². The maximum absolute atomic E-state index is 12.2. The minimum Gasteiger partial charge on any atom is -0.459 e. The SMILES string of the molecule is CCNC(=NCCCNC(=O)c1occc1C)N(C)Cc1ccc(OC(F)F)cc1. The molecule has 1 amide bonds. The molecule has 30 heavy (non-hydrogen) atoms. The first-order valence-corrected chi connectivity index (χ1v) is 9.76. The fourth-order valence-electron chi connectivity index (χ4n) is 2.75. The Morgan fingerprint density at radius 1 is 1.23 bits per heavy atom. The van der Waals surface area contributed by atoms with Crippen molar-refractivity contribution in [2.75, 3.05) is 26.7 Å². The van der Waals surface area contributed by atoms with Gasteiger partial charge < -0.3 is 24.7 Å². The quantitative estimate of drug-likeness (QED) is 0.349. The Labute approximate surface area is 175 Å². The summed E-state index contributed by atoms with van der Waals surface area (Å²) in [5.74, 6) is 0.948. The molecule has 2 aromatic rings. The molecule has 0 aliphatic rings. The average molecular weight is 422 g/mol. The summed E-state index contributed by atoms with van der Waals surface area (Å²) in [6.45, 7) is 3.24. The van der Waals surface area contributed by atoms with Gasteiger partial charge in [0.2, 0.25) is 0 Å². The van der Waals surface area contributed by atoms with Crippen LogP contribution in [0.4, 0.5) is 8.78 Å². The van der Waals surface area contributed by atoms with Crippen LogP contribution in [0.25, 0.3) is 0 Å². The van der Waals surface area contributed by atoms with Gasteiger partial charge in [-0.05, 0) is 44.0 Å². The Morgan fingerprint density at radius 3 is 2.57 bits per heavy atom. The van der Waals surface area contributed by atoms with Crippen LogP contribution in [0.3, 0.4) is 0 Å². The maximum Gasteiger partial charge on any atom is 0.387 e. The number of alkyl halides is 2. The highest BCUT2D eigenvalue weighted by atomic mass is 19.3. The van der Waals surface area contributed by atoms with Crippen LogP contribution in [0.5, 0.6) is 5.75 Å². The van der Waals surface area contributed by atoms with Gasteiger partial charge in [0.15, 0.2) is 11.7 Å². The third-order valence-corrected chi connectivity index (χ3v) is 4.22. The molecule has 164 valence electrons. The predicted octanol–water partition coefficient (Wildman–Crippen LogP) is 3.41. The lowest BCUT2D eigenvalue weighted by molar-refractivity contribution is -0.0498. The molecule has 2 rings (SSSR count). The molecule has 1 aromatic heterocycles. The second-order valence-electron chi connectivity index (χ2n) is 6.66. The van der Waals surface area contributed by atoms with Gasteiger partial charge >= 0.3 is 6.61 Å². The monoisotopic (exact) mass is 422 g/mol. The van der Waals surface area contributed by atoms with Crippen molar-refractivity contribution in [2.24, 2.45) is 4.99 Å². The summed E-state index contributed by atoms with van der Waals surface area (Å²) < 4.78 is 34.0. The zero-order valence-corrected chi connectivity index (χ0v) is 17.5. The van der Waals surface area contributed by atoms with Crippen molar-refractivity contribution in [2.45, 2.75) is 33.4 Å². The Kier molecular flexibility index (Phi) is 9.11. The number of nitrogens with zero attached hydrogens (tertiary/aromatic N) is 2. The van der Waals surface area contributed by atoms with Gasteiger partial charge in [0.05, 0.1) is 6.26 Å². The zero-order chi connectivity index (χ0) is 21.9. The molecular weight excluding hydrogens is 394 g/mol. The molecule has 1 heterocycles. The number of amides is 1. The highest BCUT2D eigenvalue weighted by Crippen LogP contribution is 2.15. The molecule has 0 bridgehead atoms. The van der Waals surface area contributed by atoms with E-state index >= 15 is 0 Å². The molecule has 0 radical (unpaired) electrons. The number of carbonyl (C=O) groups excluding carboxylic acids is 1. The smallest absolute Gasteiger partial charge is 0.387 e. The Bertz CT molecular complexity index is 822. The highest BCUT2D eigenvalue weighted by Gasteiger charge is 2.11. The van der Waals surface area contributed by atoms with Crippen molar-refractivity contribution in [3.05, 3.63) is 53.5 Å². The number of hydrogen-bond donors (Lipinski definition) is 2. The van der Waals surface area contributed by atoms with Gasteiger partial charge in [-0.3, -0.25) is 9.79 Å². The number of furan rings is 1. The van der Waals surface area contributed by atoms with Crippen molar-refractivity contribution in [3.63, 3.8) is 0 Å². The number of aryl methyl sites for hydroxylation is 1. The molecule has 0 saturated carbocycles. The Morgan fingerprint density at radius 2 is 1.97 bits per heavy atom. The van der Waals surface area contributed by atoms with Gasteiger partial charge in [-0.2, -0.15) is 8.78 Å². The number of nitrogens with one attached hydrogen (secondary N) is 2. The van der Waals surface area contributed by atoms with Crippen LogP contribution in [0.2, 0.25) is 0 Å². The van der Waals surface area contributed by atoms with Gasteiger partial charge in [0.1, 0.15) is 5.75 Å². The van der Waals surface area contributed by atoms with Crippen LogP contribution in [0.1, 0.15) is 35.0 Å². The van der Waals surface area contributed by atoms with E-state index in [0.29, 0.717) is 38.4 Å². The normalized spacial score (nSPS) is 11.5. The van der Waals surface area contributed by atoms with Crippen molar-refractivity contribution in [1.82, 2.24) is 15.5 Å². The fraction of sp³-hybridized carbons (Fsp3) is 0.429. The molecule has 0 fully saturated rings. The van der Waals surface area contributed by atoms with Crippen molar-refractivity contribution in [3.8, 4) is 5.75 Å². The lowest BCUT2D eigenvalue weighted by Gasteiger charge is -2.22. The number of halogens is 2. The van der Waals surface area contributed by atoms with Crippen LogP contribution < -0.4 is 15.4 Å². The second-order valence-corrected chi connectivity index (χ2v) is 6.66. The van der Waals surface area contributed by atoms with E-state index in [1.54, 1.807) is 18.2 Å². The first-order chi connectivity index (χ1) is 14.4. The van der Waals surface area contributed by atoms with Crippen LogP contribution in [-0.4, -0.2) is 50.1 Å². The lowest BCUT2D eigenvalue weighted by Crippen LogP contribution is -2.38. The molecule has 9 heteroatoms. The first-order valence-electron chi connectivity index (χ1n) is 9.76. The van der Waals surface area contributed by atoms with E-state index in [1.165, 1.54) is 18.4 Å².